The maximum absolute atomic E-state index is 12.5. The lowest BCUT2D eigenvalue weighted by atomic mass is 10.2. The van der Waals surface area contributed by atoms with E-state index in [2.05, 4.69) is 10.2 Å². The van der Waals surface area contributed by atoms with Gasteiger partial charge in [0.15, 0.2) is 17.1 Å². The van der Waals surface area contributed by atoms with Gasteiger partial charge in [0.25, 0.3) is 5.91 Å². The second kappa shape index (κ2) is 7.93. The van der Waals surface area contributed by atoms with Crippen LogP contribution in [0.5, 0.6) is 5.75 Å². The average molecular weight is 353 g/mol. The molecule has 3 N–H and O–H groups in total. The number of nitrogens with zero attached hydrogens (tertiary/aromatic N) is 1. The van der Waals surface area contributed by atoms with Crippen LogP contribution in [0.3, 0.4) is 0 Å². The van der Waals surface area contributed by atoms with Crippen LogP contribution in [-0.2, 0) is 0 Å². The largest absolute Gasteiger partial charge is 0.490 e. The Morgan fingerprint density at radius 2 is 2.00 bits per heavy atom. The van der Waals surface area contributed by atoms with Crippen molar-refractivity contribution in [1.82, 2.24) is 4.90 Å². The minimum atomic E-state index is -0.349. The monoisotopic (exact) mass is 353 g/mol. The molecule has 0 bridgehead atoms. The number of nitrogen functional groups attached to an aromatic ring is 1. The van der Waals surface area contributed by atoms with E-state index in [1.165, 1.54) is 0 Å². The SMILES string of the molecule is CN(C)CCCOc1cccc2cc(C(=O)Nc3ccccc3N)oc12. The second-order valence-electron chi connectivity index (χ2n) is 6.33. The highest BCUT2D eigenvalue weighted by molar-refractivity contribution is 6.06. The molecule has 0 spiro atoms. The number of anilines is 2. The van der Waals surface area contributed by atoms with Gasteiger partial charge < -0.3 is 25.1 Å². The zero-order valence-corrected chi connectivity index (χ0v) is 15.0. The van der Waals surface area contributed by atoms with E-state index >= 15 is 0 Å². The number of rotatable bonds is 7. The van der Waals surface area contributed by atoms with Crippen LogP contribution in [0.4, 0.5) is 11.4 Å². The predicted octanol–water partition coefficient (Wildman–Crippen LogP) is 3.60. The van der Waals surface area contributed by atoms with Gasteiger partial charge >= 0.3 is 0 Å². The summed E-state index contributed by atoms with van der Waals surface area (Å²) in [7, 11) is 4.05. The van der Waals surface area contributed by atoms with E-state index in [1.807, 2.05) is 44.4 Å². The predicted molar refractivity (Wildman–Crippen MR) is 104 cm³/mol. The number of nitrogens with one attached hydrogen (secondary N) is 1. The number of hydrogen-bond acceptors (Lipinski definition) is 5. The molecule has 6 heteroatoms. The number of nitrogens with two attached hydrogens (primary N) is 1. The molecule has 0 fully saturated rings. The summed E-state index contributed by atoms with van der Waals surface area (Å²) in [4.78, 5) is 14.6. The number of fused-ring (bicyclic) bond motifs is 1. The first-order chi connectivity index (χ1) is 12.5. The van der Waals surface area contributed by atoms with Crippen molar-refractivity contribution in [3.63, 3.8) is 0 Å². The van der Waals surface area contributed by atoms with Crippen LogP contribution in [-0.4, -0.2) is 38.1 Å². The molecule has 3 rings (SSSR count). The highest BCUT2D eigenvalue weighted by Gasteiger charge is 2.16. The Balaban J connectivity index is 1.75. The van der Waals surface area contributed by atoms with Crippen LogP contribution in [0.15, 0.2) is 52.9 Å². The van der Waals surface area contributed by atoms with Crippen molar-refractivity contribution in [3.8, 4) is 5.75 Å². The van der Waals surface area contributed by atoms with E-state index in [0.29, 0.717) is 29.3 Å². The number of benzene rings is 2. The molecule has 6 nitrogen and oxygen atoms in total. The van der Waals surface area contributed by atoms with E-state index in [4.69, 9.17) is 14.9 Å². The molecular formula is C20H23N3O3. The summed E-state index contributed by atoms with van der Waals surface area (Å²) in [5.41, 5.74) is 7.49. The van der Waals surface area contributed by atoms with Crippen molar-refractivity contribution in [2.45, 2.75) is 6.42 Å². The van der Waals surface area contributed by atoms with Crippen LogP contribution in [0.2, 0.25) is 0 Å². The molecule has 3 aromatic rings. The fraction of sp³-hybridized carbons (Fsp3) is 0.250. The molecular weight excluding hydrogens is 330 g/mol. The minimum Gasteiger partial charge on any atom is -0.490 e. The Morgan fingerprint density at radius 1 is 1.19 bits per heavy atom. The van der Waals surface area contributed by atoms with Gasteiger partial charge in [-0.2, -0.15) is 0 Å². The zero-order chi connectivity index (χ0) is 18.5. The van der Waals surface area contributed by atoms with Gasteiger partial charge in [-0.3, -0.25) is 4.79 Å². The van der Waals surface area contributed by atoms with E-state index < -0.39 is 0 Å². The van der Waals surface area contributed by atoms with Crippen molar-refractivity contribution in [1.29, 1.82) is 0 Å². The lowest BCUT2D eigenvalue weighted by molar-refractivity contribution is 0.0998. The molecule has 1 aromatic heterocycles. The number of carbonyl (C=O) groups is 1. The van der Waals surface area contributed by atoms with E-state index in [0.717, 1.165) is 18.4 Å². The van der Waals surface area contributed by atoms with Gasteiger partial charge in [0.05, 0.1) is 18.0 Å². The van der Waals surface area contributed by atoms with E-state index in [1.54, 1.807) is 18.2 Å². The molecule has 0 saturated carbocycles. The number of furan rings is 1. The van der Waals surface area contributed by atoms with Crippen LogP contribution in [0.25, 0.3) is 11.0 Å². The third-order valence-electron chi connectivity index (χ3n) is 3.95. The van der Waals surface area contributed by atoms with Crippen molar-refractivity contribution in [3.05, 3.63) is 54.3 Å². The Morgan fingerprint density at radius 3 is 2.77 bits per heavy atom. The zero-order valence-electron chi connectivity index (χ0n) is 15.0. The van der Waals surface area contributed by atoms with Gasteiger partial charge in [0.2, 0.25) is 0 Å². The molecule has 0 radical (unpaired) electrons. The van der Waals surface area contributed by atoms with Crippen molar-refractivity contribution >= 4 is 28.3 Å². The van der Waals surface area contributed by atoms with E-state index in [-0.39, 0.29) is 11.7 Å². The lowest BCUT2D eigenvalue weighted by Gasteiger charge is -2.10. The number of carbonyl (C=O) groups excluding carboxylic acids is 1. The third-order valence-corrected chi connectivity index (χ3v) is 3.95. The topological polar surface area (TPSA) is 80.7 Å². The first-order valence-electron chi connectivity index (χ1n) is 8.50. The molecule has 0 unspecified atom stereocenters. The summed E-state index contributed by atoms with van der Waals surface area (Å²) in [5, 5.41) is 3.59. The summed E-state index contributed by atoms with van der Waals surface area (Å²) in [6.07, 6.45) is 0.907. The Bertz CT molecular complexity index is 902. The summed E-state index contributed by atoms with van der Waals surface area (Å²) in [6.45, 7) is 1.53. The maximum Gasteiger partial charge on any atom is 0.291 e. The van der Waals surface area contributed by atoms with Crippen LogP contribution >= 0.6 is 0 Å². The molecule has 0 atom stereocenters. The fourth-order valence-electron chi connectivity index (χ4n) is 2.62. The number of hydrogen-bond donors (Lipinski definition) is 2. The number of amides is 1. The van der Waals surface area contributed by atoms with Gasteiger partial charge in [-0.15, -0.1) is 0 Å². The van der Waals surface area contributed by atoms with Crippen LogP contribution < -0.4 is 15.8 Å². The first-order valence-corrected chi connectivity index (χ1v) is 8.50. The highest BCUT2D eigenvalue weighted by atomic mass is 16.5. The summed E-state index contributed by atoms with van der Waals surface area (Å²) >= 11 is 0. The van der Waals surface area contributed by atoms with Crippen molar-refractivity contribution in [2.24, 2.45) is 0 Å². The smallest absolute Gasteiger partial charge is 0.291 e. The molecule has 0 aliphatic heterocycles. The molecule has 1 heterocycles. The standard InChI is InChI=1S/C20H23N3O3/c1-23(2)11-6-12-25-17-10-5-7-14-13-18(26-19(14)17)20(24)22-16-9-4-3-8-15(16)21/h3-5,7-10,13H,6,11-12,21H2,1-2H3,(H,22,24). The van der Waals surface area contributed by atoms with Crippen LogP contribution in [0.1, 0.15) is 17.0 Å². The molecule has 1 amide bonds. The van der Waals surface area contributed by atoms with Gasteiger partial charge in [-0.1, -0.05) is 24.3 Å². The van der Waals surface area contributed by atoms with Crippen molar-refractivity contribution < 1.29 is 13.9 Å². The maximum atomic E-state index is 12.5. The van der Waals surface area contributed by atoms with Gasteiger partial charge in [-0.05, 0) is 44.8 Å². The molecule has 0 aliphatic rings. The van der Waals surface area contributed by atoms with Gasteiger partial charge in [-0.25, -0.2) is 0 Å². The average Bonchev–Trinajstić information content (AvgIpc) is 3.05. The van der Waals surface area contributed by atoms with Gasteiger partial charge in [0.1, 0.15) is 0 Å². The second-order valence-corrected chi connectivity index (χ2v) is 6.33. The Kier molecular flexibility index (Phi) is 5.43. The fourth-order valence-corrected chi connectivity index (χ4v) is 2.62. The first kappa shape index (κ1) is 17.8. The lowest BCUT2D eigenvalue weighted by Crippen LogP contribution is -2.15. The molecule has 136 valence electrons. The molecule has 2 aromatic carbocycles. The number of ether oxygens (including phenoxy) is 1. The molecule has 0 aliphatic carbocycles. The Labute approximate surface area is 152 Å². The quantitative estimate of drug-likeness (QED) is 0.501. The van der Waals surface area contributed by atoms with Crippen molar-refractivity contribution in [2.75, 3.05) is 38.3 Å². The third kappa shape index (κ3) is 4.15. The van der Waals surface area contributed by atoms with E-state index in [9.17, 15) is 4.79 Å². The molecule has 0 saturated heterocycles. The van der Waals surface area contributed by atoms with Crippen LogP contribution in [0, 0.1) is 0 Å². The Hall–Kier alpha value is -2.99. The molecule has 26 heavy (non-hydrogen) atoms. The minimum absolute atomic E-state index is 0.215. The normalized spacial score (nSPS) is 11.0. The summed E-state index contributed by atoms with van der Waals surface area (Å²) in [5.74, 6) is 0.504. The summed E-state index contributed by atoms with van der Waals surface area (Å²) in [6, 6.07) is 14.4. The number of para-hydroxylation sites is 3. The summed E-state index contributed by atoms with van der Waals surface area (Å²) < 4.78 is 11.6. The van der Waals surface area contributed by atoms with Gasteiger partial charge in [0, 0.05) is 11.9 Å². The highest BCUT2D eigenvalue weighted by Crippen LogP contribution is 2.29.